The van der Waals surface area contributed by atoms with E-state index in [9.17, 15) is 4.39 Å². The third-order valence-corrected chi connectivity index (χ3v) is 4.95. The zero-order chi connectivity index (χ0) is 19.2. The summed E-state index contributed by atoms with van der Waals surface area (Å²) in [6.07, 6.45) is 0. The minimum Gasteiger partial charge on any atom is -0.497 e. The topological polar surface area (TPSA) is 43.0 Å². The third kappa shape index (κ3) is 4.70. The van der Waals surface area contributed by atoms with Crippen LogP contribution < -0.4 is 19.7 Å². The molecule has 1 saturated heterocycles. The first-order chi connectivity index (χ1) is 13.1. The molecule has 1 unspecified atom stereocenters. The molecule has 1 aliphatic heterocycles. The van der Waals surface area contributed by atoms with Crippen molar-refractivity contribution in [3.63, 3.8) is 0 Å². The normalized spacial score (nSPS) is 18.2. The first-order valence-corrected chi connectivity index (χ1v) is 9.17. The maximum absolute atomic E-state index is 14.1. The van der Waals surface area contributed by atoms with Crippen LogP contribution in [0, 0.1) is 5.82 Å². The van der Waals surface area contributed by atoms with Crippen molar-refractivity contribution in [1.29, 1.82) is 0 Å². The number of rotatable bonds is 7. The molecule has 1 aliphatic rings. The molecular formula is C21H27FN2O3. The smallest absolute Gasteiger partial charge is 0.167 e. The second-order valence-corrected chi connectivity index (χ2v) is 6.65. The average Bonchev–Trinajstić information content (AvgIpc) is 2.72. The van der Waals surface area contributed by atoms with Crippen LogP contribution >= 0.6 is 0 Å². The first kappa shape index (κ1) is 19.5. The van der Waals surface area contributed by atoms with Gasteiger partial charge in [0.1, 0.15) is 5.75 Å². The third-order valence-electron chi connectivity index (χ3n) is 4.95. The maximum atomic E-state index is 14.1. The molecule has 2 aromatic carbocycles. The number of hydrogen-bond donors (Lipinski definition) is 1. The molecular weight excluding hydrogens is 347 g/mol. The lowest BCUT2D eigenvalue weighted by atomic mass is 10.1. The highest BCUT2D eigenvalue weighted by Gasteiger charge is 2.24. The van der Waals surface area contributed by atoms with Gasteiger partial charge in [-0.15, -0.1) is 0 Å². The number of nitrogens with one attached hydrogen (secondary N) is 1. The molecule has 6 heteroatoms. The lowest BCUT2D eigenvalue weighted by Gasteiger charge is -2.38. The van der Waals surface area contributed by atoms with Crippen LogP contribution in [-0.2, 0) is 4.74 Å². The summed E-state index contributed by atoms with van der Waals surface area (Å²) in [4.78, 5) is 2.19. The predicted octanol–water partition coefficient (Wildman–Crippen LogP) is 3.40. The molecule has 0 spiro atoms. The summed E-state index contributed by atoms with van der Waals surface area (Å²) in [5.41, 5.74) is 2.01. The van der Waals surface area contributed by atoms with Crippen molar-refractivity contribution in [3.05, 3.63) is 53.8 Å². The standard InChI is InChI=1S/C21H27FN2O3/c1-15(16-5-4-6-19(11-16)25-2)23-13-18-14-27-10-9-24(18)17-7-8-21(26-3)20(22)12-17/h4-8,11-12,15,18,23H,9-10,13-14H2,1-3H3/t15-,18?/m1/s1. The Hall–Kier alpha value is -2.31. The van der Waals surface area contributed by atoms with Gasteiger partial charge in [0.25, 0.3) is 0 Å². The van der Waals surface area contributed by atoms with E-state index in [-0.39, 0.29) is 23.7 Å². The van der Waals surface area contributed by atoms with E-state index in [2.05, 4.69) is 23.2 Å². The molecule has 2 atom stereocenters. The van der Waals surface area contributed by atoms with Gasteiger partial charge in [-0.2, -0.15) is 0 Å². The minimum absolute atomic E-state index is 0.125. The van der Waals surface area contributed by atoms with Gasteiger partial charge in [0.2, 0.25) is 0 Å². The number of benzene rings is 2. The van der Waals surface area contributed by atoms with E-state index in [1.165, 1.54) is 13.2 Å². The molecule has 0 aromatic heterocycles. The molecule has 0 saturated carbocycles. The SMILES string of the molecule is COc1cccc([C@@H](C)NCC2COCCN2c2ccc(OC)c(F)c2)c1. The fraction of sp³-hybridized carbons (Fsp3) is 0.429. The van der Waals surface area contributed by atoms with E-state index < -0.39 is 0 Å². The van der Waals surface area contributed by atoms with Crippen LogP contribution in [0.4, 0.5) is 10.1 Å². The molecule has 1 fully saturated rings. The monoisotopic (exact) mass is 374 g/mol. The van der Waals surface area contributed by atoms with E-state index in [0.29, 0.717) is 13.2 Å². The Kier molecular flexibility index (Phi) is 6.53. The van der Waals surface area contributed by atoms with E-state index in [0.717, 1.165) is 30.1 Å². The molecule has 5 nitrogen and oxygen atoms in total. The number of methoxy groups -OCH3 is 2. The molecule has 0 bridgehead atoms. The lowest BCUT2D eigenvalue weighted by molar-refractivity contribution is 0.0930. The van der Waals surface area contributed by atoms with Gasteiger partial charge in [0.15, 0.2) is 11.6 Å². The van der Waals surface area contributed by atoms with E-state index in [1.807, 2.05) is 24.3 Å². The van der Waals surface area contributed by atoms with Gasteiger partial charge in [-0.25, -0.2) is 4.39 Å². The zero-order valence-corrected chi connectivity index (χ0v) is 16.1. The summed E-state index contributed by atoms with van der Waals surface area (Å²) >= 11 is 0. The van der Waals surface area contributed by atoms with Gasteiger partial charge in [-0.05, 0) is 36.8 Å². The Morgan fingerprint density at radius 2 is 2.07 bits per heavy atom. The highest BCUT2D eigenvalue weighted by molar-refractivity contribution is 5.51. The molecule has 0 radical (unpaired) electrons. The summed E-state index contributed by atoms with van der Waals surface area (Å²) in [5, 5.41) is 3.56. The fourth-order valence-corrected chi connectivity index (χ4v) is 3.34. The van der Waals surface area contributed by atoms with Crippen LogP contribution in [0.15, 0.2) is 42.5 Å². The zero-order valence-electron chi connectivity index (χ0n) is 16.1. The van der Waals surface area contributed by atoms with Gasteiger partial charge >= 0.3 is 0 Å². The van der Waals surface area contributed by atoms with E-state index >= 15 is 0 Å². The van der Waals surface area contributed by atoms with Crippen LogP contribution in [0.3, 0.4) is 0 Å². The van der Waals surface area contributed by atoms with Crippen LogP contribution in [0.1, 0.15) is 18.5 Å². The Labute approximate surface area is 160 Å². The molecule has 2 aromatic rings. The van der Waals surface area contributed by atoms with Crippen molar-refractivity contribution in [3.8, 4) is 11.5 Å². The number of anilines is 1. The number of hydrogen-bond acceptors (Lipinski definition) is 5. The van der Waals surface area contributed by atoms with Gasteiger partial charge in [-0.1, -0.05) is 12.1 Å². The fourth-order valence-electron chi connectivity index (χ4n) is 3.34. The second-order valence-electron chi connectivity index (χ2n) is 6.65. The highest BCUT2D eigenvalue weighted by atomic mass is 19.1. The maximum Gasteiger partial charge on any atom is 0.167 e. The molecule has 146 valence electrons. The Morgan fingerprint density at radius 1 is 1.22 bits per heavy atom. The molecule has 0 aliphatic carbocycles. The number of ether oxygens (including phenoxy) is 3. The predicted molar refractivity (Wildman–Crippen MR) is 104 cm³/mol. The number of nitrogens with zero attached hydrogens (tertiary/aromatic N) is 1. The lowest BCUT2D eigenvalue weighted by Crippen LogP contribution is -2.51. The molecule has 3 rings (SSSR count). The summed E-state index contributed by atoms with van der Waals surface area (Å²) in [6, 6.07) is 13.4. The largest absolute Gasteiger partial charge is 0.497 e. The summed E-state index contributed by atoms with van der Waals surface area (Å²) in [7, 11) is 3.14. The highest BCUT2D eigenvalue weighted by Crippen LogP contribution is 2.26. The molecule has 27 heavy (non-hydrogen) atoms. The molecule has 1 heterocycles. The van der Waals surface area contributed by atoms with Crippen molar-refractivity contribution in [2.45, 2.75) is 19.0 Å². The summed E-state index contributed by atoms with van der Waals surface area (Å²) < 4.78 is 30.1. The van der Waals surface area contributed by atoms with Crippen molar-refractivity contribution in [1.82, 2.24) is 5.32 Å². The van der Waals surface area contributed by atoms with Crippen molar-refractivity contribution < 1.29 is 18.6 Å². The summed E-state index contributed by atoms with van der Waals surface area (Å²) in [6.45, 7) is 4.81. The van der Waals surface area contributed by atoms with Crippen LogP contribution in [0.5, 0.6) is 11.5 Å². The average molecular weight is 374 g/mol. The number of morpholine rings is 1. The van der Waals surface area contributed by atoms with E-state index in [4.69, 9.17) is 14.2 Å². The van der Waals surface area contributed by atoms with Crippen molar-refractivity contribution in [2.75, 3.05) is 45.4 Å². The van der Waals surface area contributed by atoms with Gasteiger partial charge < -0.3 is 24.4 Å². The van der Waals surface area contributed by atoms with Crippen LogP contribution in [0.2, 0.25) is 0 Å². The van der Waals surface area contributed by atoms with Gasteiger partial charge in [-0.3, -0.25) is 0 Å². The van der Waals surface area contributed by atoms with Gasteiger partial charge in [0.05, 0.1) is 33.5 Å². The minimum atomic E-state index is -0.349. The van der Waals surface area contributed by atoms with Crippen LogP contribution in [0.25, 0.3) is 0 Å². The van der Waals surface area contributed by atoms with Crippen LogP contribution in [-0.4, -0.2) is 46.6 Å². The second kappa shape index (κ2) is 9.06. The number of halogens is 1. The molecule has 1 N–H and O–H groups in total. The quantitative estimate of drug-likeness (QED) is 0.805. The first-order valence-electron chi connectivity index (χ1n) is 9.17. The Balaban J connectivity index is 1.67. The van der Waals surface area contributed by atoms with Crippen molar-refractivity contribution in [2.24, 2.45) is 0 Å². The Morgan fingerprint density at radius 3 is 2.81 bits per heavy atom. The summed E-state index contributed by atoms with van der Waals surface area (Å²) in [5.74, 6) is 0.753. The van der Waals surface area contributed by atoms with Crippen molar-refractivity contribution >= 4 is 5.69 Å². The van der Waals surface area contributed by atoms with E-state index in [1.54, 1.807) is 13.2 Å². The van der Waals surface area contributed by atoms with Gasteiger partial charge in [0, 0.05) is 30.9 Å². The Bertz CT molecular complexity index is 756. The molecule has 0 amide bonds.